The third kappa shape index (κ3) is 2.66. The number of fused-ring (bicyclic) bond motifs is 1. The monoisotopic (exact) mass is 302 g/mol. The maximum Gasteiger partial charge on any atom is 0.234 e. The van der Waals surface area contributed by atoms with Crippen molar-refractivity contribution in [1.82, 2.24) is 5.32 Å². The number of hydrogen-bond acceptors (Lipinski definition) is 3. The largest absolute Gasteiger partial charge is 0.392 e. The molecule has 0 aromatic heterocycles. The molecule has 1 fully saturated rings. The quantitative estimate of drug-likeness (QED) is 0.804. The van der Waals surface area contributed by atoms with Crippen molar-refractivity contribution in [2.24, 2.45) is 0 Å². The maximum absolute atomic E-state index is 12.0. The highest BCUT2D eigenvalue weighted by Gasteiger charge is 2.38. The number of aliphatic hydroxyl groups excluding tert-OH is 1. The molecule has 2 aliphatic rings. The standard InChI is InChI=1S/C18H26N2O2/c1-11(19-15-6-4-5-7-16(15)21)12-8-9-14-13(10-12)18(2,3)17(22)20-14/h8-11,15-16,19,21H,4-7H2,1-3H3,(H,20,22). The van der Waals surface area contributed by atoms with Crippen LogP contribution in [0.2, 0.25) is 0 Å². The summed E-state index contributed by atoms with van der Waals surface area (Å²) in [6.45, 7) is 6.04. The molecule has 0 bridgehead atoms. The first kappa shape index (κ1) is 15.5. The number of nitrogens with one attached hydrogen (secondary N) is 2. The molecule has 1 aromatic rings. The Labute approximate surface area is 132 Å². The van der Waals surface area contributed by atoms with Gasteiger partial charge in [0.15, 0.2) is 0 Å². The molecule has 0 spiro atoms. The van der Waals surface area contributed by atoms with E-state index in [-0.39, 0.29) is 24.1 Å². The fourth-order valence-corrected chi connectivity index (χ4v) is 3.58. The Balaban J connectivity index is 1.78. The summed E-state index contributed by atoms with van der Waals surface area (Å²) in [7, 11) is 0. The molecular formula is C18H26N2O2. The average molecular weight is 302 g/mol. The van der Waals surface area contributed by atoms with Crippen LogP contribution in [0.5, 0.6) is 0 Å². The van der Waals surface area contributed by atoms with Crippen LogP contribution in [0.4, 0.5) is 5.69 Å². The molecule has 1 aliphatic heterocycles. The van der Waals surface area contributed by atoms with Gasteiger partial charge in [0.2, 0.25) is 5.91 Å². The second-order valence-electron chi connectivity index (χ2n) is 7.23. The second kappa shape index (κ2) is 5.67. The number of hydrogen-bond donors (Lipinski definition) is 3. The van der Waals surface area contributed by atoms with E-state index < -0.39 is 5.41 Å². The number of carbonyl (C=O) groups is 1. The molecular weight excluding hydrogens is 276 g/mol. The SMILES string of the molecule is CC(NC1CCCCC1O)c1ccc2c(c1)C(C)(C)C(=O)N2. The molecule has 0 saturated heterocycles. The molecule has 0 radical (unpaired) electrons. The first-order chi connectivity index (χ1) is 10.4. The van der Waals surface area contributed by atoms with Gasteiger partial charge >= 0.3 is 0 Å². The Kier molecular flexibility index (Phi) is 4.00. The number of anilines is 1. The maximum atomic E-state index is 12.0. The second-order valence-corrected chi connectivity index (χ2v) is 7.23. The van der Waals surface area contributed by atoms with Crippen LogP contribution in [0, 0.1) is 0 Å². The van der Waals surface area contributed by atoms with Gasteiger partial charge < -0.3 is 15.7 Å². The number of rotatable bonds is 3. The summed E-state index contributed by atoms with van der Waals surface area (Å²) in [6, 6.07) is 6.51. The van der Waals surface area contributed by atoms with Crippen molar-refractivity contribution >= 4 is 11.6 Å². The Bertz CT molecular complexity index is 582. The summed E-state index contributed by atoms with van der Waals surface area (Å²) >= 11 is 0. The predicted molar refractivity (Wildman–Crippen MR) is 87.9 cm³/mol. The first-order valence-electron chi connectivity index (χ1n) is 8.29. The highest BCUT2D eigenvalue weighted by molar-refractivity contribution is 6.05. The van der Waals surface area contributed by atoms with Crippen molar-refractivity contribution in [3.63, 3.8) is 0 Å². The van der Waals surface area contributed by atoms with Crippen LogP contribution < -0.4 is 10.6 Å². The third-order valence-corrected chi connectivity index (χ3v) is 5.23. The van der Waals surface area contributed by atoms with E-state index in [9.17, 15) is 9.90 Å². The smallest absolute Gasteiger partial charge is 0.234 e. The Morgan fingerprint density at radius 3 is 2.77 bits per heavy atom. The fourth-order valence-electron chi connectivity index (χ4n) is 3.58. The van der Waals surface area contributed by atoms with Crippen LogP contribution in [0.25, 0.3) is 0 Å². The lowest BCUT2D eigenvalue weighted by atomic mass is 9.84. The zero-order valence-corrected chi connectivity index (χ0v) is 13.6. The van der Waals surface area contributed by atoms with Crippen LogP contribution in [-0.2, 0) is 10.2 Å². The van der Waals surface area contributed by atoms with Gasteiger partial charge in [0.25, 0.3) is 0 Å². The Hall–Kier alpha value is -1.39. The number of amides is 1. The summed E-state index contributed by atoms with van der Waals surface area (Å²) in [6.07, 6.45) is 3.97. The normalized spacial score (nSPS) is 28.1. The minimum absolute atomic E-state index is 0.0583. The van der Waals surface area contributed by atoms with Gasteiger partial charge in [-0.3, -0.25) is 4.79 Å². The van der Waals surface area contributed by atoms with Crippen LogP contribution in [0.15, 0.2) is 18.2 Å². The van der Waals surface area contributed by atoms with Crippen LogP contribution >= 0.6 is 0 Å². The Morgan fingerprint density at radius 2 is 2.05 bits per heavy atom. The summed E-state index contributed by atoms with van der Waals surface area (Å²) in [5.41, 5.74) is 2.67. The van der Waals surface area contributed by atoms with Crippen molar-refractivity contribution in [2.45, 2.75) is 70.1 Å². The summed E-state index contributed by atoms with van der Waals surface area (Å²) in [4.78, 5) is 12.0. The molecule has 3 unspecified atom stereocenters. The van der Waals surface area contributed by atoms with Gasteiger partial charge in [0, 0.05) is 17.8 Å². The summed E-state index contributed by atoms with van der Waals surface area (Å²) < 4.78 is 0. The topological polar surface area (TPSA) is 61.4 Å². The van der Waals surface area contributed by atoms with Gasteiger partial charge in [-0.05, 0) is 50.8 Å². The van der Waals surface area contributed by atoms with Crippen molar-refractivity contribution in [3.05, 3.63) is 29.3 Å². The summed E-state index contributed by atoms with van der Waals surface area (Å²) in [5.74, 6) is 0.0583. The Morgan fingerprint density at radius 1 is 1.32 bits per heavy atom. The summed E-state index contributed by atoms with van der Waals surface area (Å²) in [5, 5.41) is 16.6. The lowest BCUT2D eigenvalue weighted by Crippen LogP contribution is -2.43. The highest BCUT2D eigenvalue weighted by atomic mass is 16.3. The minimum atomic E-state index is -0.477. The first-order valence-corrected chi connectivity index (χ1v) is 8.29. The predicted octanol–water partition coefficient (Wildman–Crippen LogP) is 2.87. The zero-order valence-electron chi connectivity index (χ0n) is 13.6. The fraction of sp³-hybridized carbons (Fsp3) is 0.611. The number of benzene rings is 1. The molecule has 3 atom stereocenters. The van der Waals surface area contributed by atoms with E-state index in [1.165, 1.54) is 12.0 Å². The van der Waals surface area contributed by atoms with E-state index >= 15 is 0 Å². The van der Waals surface area contributed by atoms with Gasteiger partial charge in [-0.15, -0.1) is 0 Å². The van der Waals surface area contributed by atoms with Crippen LogP contribution in [0.3, 0.4) is 0 Å². The molecule has 1 amide bonds. The van der Waals surface area contributed by atoms with Crippen molar-refractivity contribution in [2.75, 3.05) is 5.32 Å². The zero-order chi connectivity index (χ0) is 15.9. The number of aliphatic hydroxyl groups is 1. The van der Waals surface area contributed by atoms with E-state index in [1.54, 1.807) is 0 Å². The number of carbonyl (C=O) groups excluding carboxylic acids is 1. The van der Waals surface area contributed by atoms with Gasteiger partial charge in [-0.2, -0.15) is 0 Å². The molecule has 4 heteroatoms. The van der Waals surface area contributed by atoms with E-state index in [1.807, 2.05) is 19.9 Å². The molecule has 1 heterocycles. The lowest BCUT2D eigenvalue weighted by molar-refractivity contribution is -0.119. The molecule has 1 aromatic carbocycles. The molecule has 3 rings (SSSR count). The van der Waals surface area contributed by atoms with Gasteiger partial charge in [0.05, 0.1) is 11.5 Å². The van der Waals surface area contributed by atoms with Crippen molar-refractivity contribution in [3.8, 4) is 0 Å². The van der Waals surface area contributed by atoms with Gasteiger partial charge in [-0.25, -0.2) is 0 Å². The van der Waals surface area contributed by atoms with E-state index in [4.69, 9.17) is 0 Å². The molecule has 22 heavy (non-hydrogen) atoms. The molecule has 3 N–H and O–H groups in total. The van der Waals surface area contributed by atoms with Crippen molar-refractivity contribution < 1.29 is 9.90 Å². The molecule has 1 aliphatic carbocycles. The van der Waals surface area contributed by atoms with E-state index in [0.717, 1.165) is 30.5 Å². The van der Waals surface area contributed by atoms with Crippen LogP contribution in [0.1, 0.15) is 63.6 Å². The molecule has 4 nitrogen and oxygen atoms in total. The van der Waals surface area contributed by atoms with E-state index in [2.05, 4.69) is 29.7 Å². The highest BCUT2D eigenvalue weighted by Crippen LogP contribution is 2.38. The molecule has 120 valence electrons. The molecule has 1 saturated carbocycles. The van der Waals surface area contributed by atoms with Gasteiger partial charge in [0.1, 0.15) is 0 Å². The average Bonchev–Trinajstić information content (AvgIpc) is 2.71. The van der Waals surface area contributed by atoms with Crippen molar-refractivity contribution in [1.29, 1.82) is 0 Å². The lowest BCUT2D eigenvalue weighted by Gasteiger charge is -2.31. The van der Waals surface area contributed by atoms with E-state index in [0.29, 0.717) is 0 Å². The van der Waals surface area contributed by atoms with Gasteiger partial charge in [-0.1, -0.05) is 25.0 Å². The van der Waals surface area contributed by atoms with Crippen LogP contribution in [-0.4, -0.2) is 23.2 Å². The minimum Gasteiger partial charge on any atom is -0.392 e. The third-order valence-electron chi connectivity index (χ3n) is 5.23.